The van der Waals surface area contributed by atoms with Gasteiger partial charge >= 0.3 is 12.0 Å². The molecule has 0 aliphatic carbocycles. The standard InChI is InChI=1S/C14H20N2O5/c1-9-4-5-10(6-12(9)13(18)19)15-14(20)16(2)7-11(17)8-21-3/h4-6,11,17H,7-8H2,1-3H3,(H,15,20)(H,18,19). The molecule has 21 heavy (non-hydrogen) atoms. The van der Waals surface area contributed by atoms with E-state index in [9.17, 15) is 14.7 Å². The van der Waals surface area contributed by atoms with Crippen LogP contribution in [0, 0.1) is 6.92 Å². The molecule has 0 heterocycles. The van der Waals surface area contributed by atoms with Crippen molar-refractivity contribution >= 4 is 17.7 Å². The number of amides is 2. The molecular formula is C14H20N2O5. The van der Waals surface area contributed by atoms with Gasteiger partial charge in [0, 0.05) is 19.8 Å². The number of benzene rings is 1. The molecule has 0 aliphatic heterocycles. The van der Waals surface area contributed by atoms with E-state index in [1.165, 1.54) is 25.1 Å². The molecule has 1 aromatic rings. The second-order valence-corrected chi connectivity index (χ2v) is 4.75. The molecule has 0 fully saturated rings. The minimum absolute atomic E-state index is 0.108. The number of ether oxygens (including phenoxy) is 1. The predicted octanol–water partition coefficient (Wildman–Crippen LogP) is 1.16. The smallest absolute Gasteiger partial charge is 0.336 e. The summed E-state index contributed by atoms with van der Waals surface area (Å²) in [4.78, 5) is 24.3. The van der Waals surface area contributed by atoms with Crippen LogP contribution in [-0.2, 0) is 4.74 Å². The molecule has 1 aromatic carbocycles. The van der Waals surface area contributed by atoms with Crippen molar-refractivity contribution in [3.8, 4) is 0 Å². The van der Waals surface area contributed by atoms with E-state index in [0.717, 1.165) is 0 Å². The Hall–Kier alpha value is -2.12. The number of hydrogen-bond donors (Lipinski definition) is 3. The van der Waals surface area contributed by atoms with Crippen LogP contribution in [0.5, 0.6) is 0 Å². The molecule has 1 unspecified atom stereocenters. The fourth-order valence-corrected chi connectivity index (χ4v) is 1.79. The highest BCUT2D eigenvalue weighted by atomic mass is 16.5. The van der Waals surface area contributed by atoms with Gasteiger partial charge in [0.25, 0.3) is 0 Å². The predicted molar refractivity (Wildman–Crippen MR) is 77.7 cm³/mol. The molecule has 7 nitrogen and oxygen atoms in total. The van der Waals surface area contributed by atoms with Crippen LogP contribution < -0.4 is 5.32 Å². The Morgan fingerprint density at radius 1 is 1.43 bits per heavy atom. The van der Waals surface area contributed by atoms with Crippen molar-refractivity contribution < 1.29 is 24.5 Å². The molecule has 3 N–H and O–H groups in total. The third-order valence-corrected chi connectivity index (χ3v) is 2.91. The van der Waals surface area contributed by atoms with Gasteiger partial charge in [-0.15, -0.1) is 0 Å². The summed E-state index contributed by atoms with van der Waals surface area (Å²) < 4.78 is 4.78. The fourth-order valence-electron chi connectivity index (χ4n) is 1.79. The number of aryl methyl sites for hydroxylation is 1. The fraction of sp³-hybridized carbons (Fsp3) is 0.429. The van der Waals surface area contributed by atoms with Crippen LogP contribution in [0.3, 0.4) is 0 Å². The van der Waals surface area contributed by atoms with Crippen LogP contribution in [0.4, 0.5) is 10.5 Å². The number of carboxylic acids is 1. The van der Waals surface area contributed by atoms with Crippen molar-refractivity contribution in [3.63, 3.8) is 0 Å². The number of aromatic carboxylic acids is 1. The number of rotatable bonds is 6. The van der Waals surface area contributed by atoms with E-state index in [0.29, 0.717) is 11.3 Å². The highest BCUT2D eigenvalue weighted by Gasteiger charge is 2.15. The first kappa shape index (κ1) is 16.9. The van der Waals surface area contributed by atoms with E-state index >= 15 is 0 Å². The highest BCUT2D eigenvalue weighted by Crippen LogP contribution is 2.15. The summed E-state index contributed by atoms with van der Waals surface area (Å²) >= 11 is 0. The normalized spacial score (nSPS) is 11.8. The maximum Gasteiger partial charge on any atom is 0.336 e. The second-order valence-electron chi connectivity index (χ2n) is 4.75. The molecule has 0 aliphatic rings. The summed E-state index contributed by atoms with van der Waals surface area (Å²) in [6.45, 7) is 1.92. The summed E-state index contributed by atoms with van der Waals surface area (Å²) in [5.74, 6) is -1.05. The van der Waals surface area contributed by atoms with Gasteiger partial charge in [0.2, 0.25) is 0 Å². The molecule has 1 atom stereocenters. The Bertz CT molecular complexity index is 518. The number of nitrogens with zero attached hydrogens (tertiary/aromatic N) is 1. The summed E-state index contributed by atoms with van der Waals surface area (Å²) in [7, 11) is 2.99. The van der Waals surface area contributed by atoms with Crippen molar-refractivity contribution in [2.24, 2.45) is 0 Å². The summed E-state index contributed by atoms with van der Waals surface area (Å²) in [6.07, 6.45) is -0.779. The first-order valence-electron chi connectivity index (χ1n) is 6.38. The maximum absolute atomic E-state index is 11.9. The van der Waals surface area contributed by atoms with Gasteiger partial charge in [0.1, 0.15) is 0 Å². The average molecular weight is 296 g/mol. The van der Waals surface area contributed by atoms with E-state index in [4.69, 9.17) is 9.84 Å². The van der Waals surface area contributed by atoms with Crippen LogP contribution in [0.15, 0.2) is 18.2 Å². The number of anilines is 1. The minimum Gasteiger partial charge on any atom is -0.478 e. The van der Waals surface area contributed by atoms with Gasteiger partial charge in [-0.2, -0.15) is 0 Å². The Morgan fingerprint density at radius 3 is 2.67 bits per heavy atom. The average Bonchev–Trinajstić information content (AvgIpc) is 2.40. The summed E-state index contributed by atoms with van der Waals surface area (Å²) in [5.41, 5.74) is 1.13. The number of aliphatic hydroxyl groups is 1. The van der Waals surface area contributed by atoms with Gasteiger partial charge in [-0.3, -0.25) is 0 Å². The van der Waals surface area contributed by atoms with Gasteiger partial charge < -0.3 is 25.2 Å². The van der Waals surface area contributed by atoms with Crippen molar-refractivity contribution in [2.45, 2.75) is 13.0 Å². The van der Waals surface area contributed by atoms with Crippen LogP contribution >= 0.6 is 0 Å². The lowest BCUT2D eigenvalue weighted by Gasteiger charge is -2.21. The quantitative estimate of drug-likeness (QED) is 0.731. The van der Waals surface area contributed by atoms with Crippen LogP contribution in [0.25, 0.3) is 0 Å². The zero-order valence-electron chi connectivity index (χ0n) is 12.3. The second kappa shape index (κ2) is 7.61. The lowest BCUT2D eigenvalue weighted by molar-refractivity contribution is 0.0501. The van der Waals surface area contributed by atoms with E-state index in [1.54, 1.807) is 19.1 Å². The Morgan fingerprint density at radius 2 is 2.10 bits per heavy atom. The van der Waals surface area contributed by atoms with Crippen molar-refractivity contribution in [1.82, 2.24) is 4.90 Å². The number of likely N-dealkylation sites (N-methyl/N-ethyl adjacent to an activating group) is 1. The molecule has 0 saturated carbocycles. The number of carboxylic acid groups (broad SMARTS) is 1. The largest absolute Gasteiger partial charge is 0.478 e. The highest BCUT2D eigenvalue weighted by molar-refractivity contribution is 5.94. The van der Waals surface area contributed by atoms with Gasteiger partial charge in [-0.05, 0) is 24.6 Å². The van der Waals surface area contributed by atoms with Crippen LogP contribution in [0.2, 0.25) is 0 Å². The monoisotopic (exact) mass is 296 g/mol. The zero-order valence-corrected chi connectivity index (χ0v) is 12.3. The lowest BCUT2D eigenvalue weighted by Crippen LogP contribution is -2.38. The molecule has 1 rings (SSSR count). The van der Waals surface area contributed by atoms with Crippen molar-refractivity contribution in [1.29, 1.82) is 0 Å². The Kier molecular flexibility index (Phi) is 6.13. The van der Waals surface area contributed by atoms with Crippen molar-refractivity contribution in [2.75, 3.05) is 32.6 Å². The molecule has 0 bridgehead atoms. The molecular weight excluding hydrogens is 276 g/mol. The number of aliphatic hydroxyl groups excluding tert-OH is 1. The molecule has 7 heteroatoms. The molecule has 0 saturated heterocycles. The molecule has 116 valence electrons. The van der Waals surface area contributed by atoms with E-state index in [2.05, 4.69) is 5.32 Å². The number of urea groups is 1. The van der Waals surface area contributed by atoms with Crippen molar-refractivity contribution in [3.05, 3.63) is 29.3 Å². The maximum atomic E-state index is 11.9. The SMILES string of the molecule is COCC(O)CN(C)C(=O)Nc1ccc(C)c(C(=O)O)c1. The first-order chi connectivity index (χ1) is 9.85. The number of carbonyl (C=O) groups excluding carboxylic acids is 1. The van der Waals surface area contributed by atoms with E-state index in [1.807, 2.05) is 0 Å². The number of methoxy groups -OCH3 is 1. The number of carbonyl (C=O) groups is 2. The summed E-state index contributed by atoms with van der Waals surface area (Å²) in [6, 6.07) is 4.21. The van der Waals surface area contributed by atoms with Crippen LogP contribution in [-0.4, -0.2) is 60.5 Å². The number of hydrogen-bond acceptors (Lipinski definition) is 4. The van der Waals surface area contributed by atoms with Gasteiger partial charge in [0.05, 0.1) is 24.8 Å². The summed E-state index contributed by atoms with van der Waals surface area (Å²) in [5, 5.41) is 21.2. The lowest BCUT2D eigenvalue weighted by atomic mass is 10.1. The molecule has 0 aromatic heterocycles. The Balaban J connectivity index is 2.70. The van der Waals surface area contributed by atoms with Crippen LogP contribution in [0.1, 0.15) is 15.9 Å². The van der Waals surface area contributed by atoms with E-state index in [-0.39, 0.29) is 18.7 Å². The molecule has 0 radical (unpaired) electrons. The zero-order chi connectivity index (χ0) is 16.0. The van der Waals surface area contributed by atoms with Gasteiger partial charge in [-0.25, -0.2) is 9.59 Å². The topological polar surface area (TPSA) is 99.1 Å². The Labute approximate surface area is 123 Å². The van der Waals surface area contributed by atoms with Gasteiger partial charge in [-0.1, -0.05) is 6.07 Å². The minimum atomic E-state index is -1.05. The third-order valence-electron chi connectivity index (χ3n) is 2.91. The molecule has 2 amide bonds. The third kappa shape index (κ3) is 5.05. The number of nitrogens with one attached hydrogen (secondary N) is 1. The first-order valence-corrected chi connectivity index (χ1v) is 6.38. The van der Waals surface area contributed by atoms with Gasteiger partial charge in [0.15, 0.2) is 0 Å². The molecule has 0 spiro atoms. The van der Waals surface area contributed by atoms with E-state index < -0.39 is 18.1 Å².